The molecule has 0 bridgehead atoms. The highest BCUT2D eigenvalue weighted by Crippen LogP contribution is 2.28. The number of esters is 1. The molecule has 2 rings (SSSR count). The fraction of sp³-hybridized carbons (Fsp3) is 0.286. The molecule has 0 aliphatic carbocycles. The van der Waals surface area contributed by atoms with Gasteiger partial charge in [0.25, 0.3) is 0 Å². The molecule has 20 heavy (non-hydrogen) atoms. The highest BCUT2D eigenvalue weighted by molar-refractivity contribution is 7.13. The van der Waals surface area contributed by atoms with Gasteiger partial charge in [0.15, 0.2) is 10.8 Å². The fourth-order valence-electron chi connectivity index (χ4n) is 1.76. The molecule has 0 saturated carbocycles. The van der Waals surface area contributed by atoms with Gasteiger partial charge in [0.1, 0.15) is 0 Å². The molecule has 1 unspecified atom stereocenters. The van der Waals surface area contributed by atoms with E-state index in [2.05, 4.69) is 16.6 Å². The standard InChI is InChI=1S/C14H15ClN2O2S/c1-9(10-4-6-11(15)7-5-10)17(2)14-16-12(8-20-14)13(18)19-3/h4-9H,1-3H3. The second-order valence-corrected chi connectivity index (χ2v) is 5.62. The van der Waals surface area contributed by atoms with E-state index in [-0.39, 0.29) is 6.04 Å². The van der Waals surface area contributed by atoms with Gasteiger partial charge in [-0.2, -0.15) is 0 Å². The van der Waals surface area contributed by atoms with E-state index < -0.39 is 5.97 Å². The average Bonchev–Trinajstić information content (AvgIpc) is 2.95. The van der Waals surface area contributed by atoms with Gasteiger partial charge in [-0.25, -0.2) is 9.78 Å². The van der Waals surface area contributed by atoms with Crippen molar-refractivity contribution in [2.24, 2.45) is 0 Å². The van der Waals surface area contributed by atoms with E-state index in [1.165, 1.54) is 18.4 Å². The van der Waals surface area contributed by atoms with E-state index >= 15 is 0 Å². The summed E-state index contributed by atoms with van der Waals surface area (Å²) in [6.45, 7) is 2.07. The van der Waals surface area contributed by atoms with Crippen molar-refractivity contribution >= 4 is 34.0 Å². The summed E-state index contributed by atoms with van der Waals surface area (Å²) in [6.07, 6.45) is 0. The van der Waals surface area contributed by atoms with Crippen LogP contribution in [0.25, 0.3) is 0 Å². The van der Waals surface area contributed by atoms with E-state index in [0.717, 1.165) is 10.7 Å². The number of carbonyl (C=O) groups excluding carboxylic acids is 1. The summed E-state index contributed by atoms with van der Waals surface area (Å²) >= 11 is 7.31. The van der Waals surface area contributed by atoms with E-state index in [1.54, 1.807) is 5.38 Å². The third-order valence-corrected chi connectivity index (χ3v) is 4.30. The molecular weight excluding hydrogens is 296 g/mol. The molecule has 0 saturated heterocycles. The lowest BCUT2D eigenvalue weighted by Gasteiger charge is -2.24. The van der Waals surface area contributed by atoms with Crippen LogP contribution in [0, 0.1) is 0 Å². The first-order valence-electron chi connectivity index (χ1n) is 6.05. The summed E-state index contributed by atoms with van der Waals surface area (Å²) in [5.74, 6) is -0.417. The van der Waals surface area contributed by atoms with E-state index in [1.807, 2.05) is 36.2 Å². The van der Waals surface area contributed by atoms with Crippen LogP contribution in [0.2, 0.25) is 5.02 Å². The molecule has 0 aliphatic heterocycles. The van der Waals surface area contributed by atoms with Crippen LogP contribution in [-0.4, -0.2) is 25.1 Å². The Kier molecular flexibility index (Phi) is 4.62. The van der Waals surface area contributed by atoms with Crippen LogP contribution < -0.4 is 4.90 Å². The van der Waals surface area contributed by atoms with Gasteiger partial charge in [-0.3, -0.25) is 0 Å². The van der Waals surface area contributed by atoms with Crippen molar-refractivity contribution in [1.29, 1.82) is 0 Å². The Labute approximate surface area is 127 Å². The second-order valence-electron chi connectivity index (χ2n) is 4.35. The van der Waals surface area contributed by atoms with Crippen LogP contribution in [0.5, 0.6) is 0 Å². The SMILES string of the molecule is COC(=O)c1csc(N(C)C(C)c2ccc(Cl)cc2)n1. The lowest BCUT2D eigenvalue weighted by atomic mass is 10.1. The van der Waals surface area contributed by atoms with Crippen molar-refractivity contribution in [2.45, 2.75) is 13.0 Å². The maximum absolute atomic E-state index is 11.4. The van der Waals surface area contributed by atoms with Gasteiger partial charge in [-0.05, 0) is 24.6 Å². The molecule has 1 aromatic carbocycles. The van der Waals surface area contributed by atoms with Crippen LogP contribution in [-0.2, 0) is 4.74 Å². The number of hydrogen-bond donors (Lipinski definition) is 0. The smallest absolute Gasteiger partial charge is 0.357 e. The second kappa shape index (κ2) is 6.24. The maximum Gasteiger partial charge on any atom is 0.357 e. The summed E-state index contributed by atoms with van der Waals surface area (Å²) in [6, 6.07) is 7.83. The van der Waals surface area contributed by atoms with Gasteiger partial charge in [0.2, 0.25) is 0 Å². The highest BCUT2D eigenvalue weighted by atomic mass is 35.5. The number of nitrogens with zero attached hydrogens (tertiary/aromatic N) is 2. The molecule has 4 nitrogen and oxygen atoms in total. The molecule has 0 amide bonds. The topological polar surface area (TPSA) is 42.4 Å². The van der Waals surface area contributed by atoms with Gasteiger partial charge in [-0.1, -0.05) is 23.7 Å². The number of thiazole rings is 1. The van der Waals surface area contributed by atoms with Crippen molar-refractivity contribution in [3.8, 4) is 0 Å². The normalized spacial score (nSPS) is 12.0. The minimum absolute atomic E-state index is 0.129. The molecular formula is C14H15ClN2O2S. The van der Waals surface area contributed by atoms with Crippen LogP contribution in [0.1, 0.15) is 29.0 Å². The molecule has 1 aromatic heterocycles. The molecule has 0 spiro atoms. The van der Waals surface area contributed by atoms with Crippen molar-refractivity contribution in [3.05, 3.63) is 45.9 Å². The lowest BCUT2D eigenvalue weighted by Crippen LogP contribution is -2.21. The number of rotatable bonds is 4. The molecule has 2 aromatic rings. The van der Waals surface area contributed by atoms with Crippen molar-refractivity contribution < 1.29 is 9.53 Å². The van der Waals surface area contributed by atoms with Crippen molar-refractivity contribution in [2.75, 3.05) is 19.1 Å². The molecule has 106 valence electrons. The van der Waals surface area contributed by atoms with Crippen LogP contribution in [0.4, 0.5) is 5.13 Å². The Bertz CT molecular complexity index is 597. The predicted octanol–water partition coefficient (Wildman–Crippen LogP) is 3.78. The van der Waals surface area contributed by atoms with Gasteiger partial charge in [0.05, 0.1) is 13.2 Å². The van der Waals surface area contributed by atoms with Gasteiger partial charge < -0.3 is 9.64 Å². The fourth-order valence-corrected chi connectivity index (χ4v) is 2.72. The first kappa shape index (κ1) is 14.8. The number of benzene rings is 1. The van der Waals surface area contributed by atoms with Gasteiger partial charge in [-0.15, -0.1) is 11.3 Å². The lowest BCUT2D eigenvalue weighted by molar-refractivity contribution is 0.0595. The van der Waals surface area contributed by atoms with Crippen LogP contribution in [0.15, 0.2) is 29.6 Å². The first-order valence-corrected chi connectivity index (χ1v) is 7.31. The van der Waals surface area contributed by atoms with Crippen LogP contribution >= 0.6 is 22.9 Å². The molecule has 1 heterocycles. The number of carbonyl (C=O) groups is 1. The zero-order valence-corrected chi connectivity index (χ0v) is 13.0. The molecule has 0 aliphatic rings. The molecule has 0 fully saturated rings. The maximum atomic E-state index is 11.4. The third kappa shape index (κ3) is 3.11. The van der Waals surface area contributed by atoms with Crippen molar-refractivity contribution in [1.82, 2.24) is 4.98 Å². The molecule has 1 atom stereocenters. The minimum atomic E-state index is -0.417. The Morgan fingerprint density at radius 1 is 1.40 bits per heavy atom. The Balaban J connectivity index is 2.17. The van der Waals surface area contributed by atoms with E-state index in [4.69, 9.17) is 11.6 Å². The average molecular weight is 311 g/mol. The highest BCUT2D eigenvalue weighted by Gasteiger charge is 2.18. The monoisotopic (exact) mass is 310 g/mol. The summed E-state index contributed by atoms with van der Waals surface area (Å²) in [5, 5.41) is 3.19. The molecule has 0 radical (unpaired) electrons. The van der Waals surface area contributed by atoms with Gasteiger partial charge >= 0.3 is 5.97 Å². The van der Waals surface area contributed by atoms with Crippen LogP contribution in [0.3, 0.4) is 0 Å². The van der Waals surface area contributed by atoms with E-state index in [0.29, 0.717) is 10.7 Å². The van der Waals surface area contributed by atoms with Gasteiger partial charge in [0, 0.05) is 17.5 Å². The van der Waals surface area contributed by atoms with E-state index in [9.17, 15) is 4.79 Å². The summed E-state index contributed by atoms with van der Waals surface area (Å²) < 4.78 is 4.66. The number of anilines is 1. The Hall–Kier alpha value is -1.59. The number of hydrogen-bond acceptors (Lipinski definition) is 5. The Morgan fingerprint density at radius 3 is 2.65 bits per heavy atom. The predicted molar refractivity (Wildman–Crippen MR) is 81.7 cm³/mol. The van der Waals surface area contributed by atoms with Crippen molar-refractivity contribution in [3.63, 3.8) is 0 Å². The quantitative estimate of drug-likeness (QED) is 0.806. The summed E-state index contributed by atoms with van der Waals surface area (Å²) in [4.78, 5) is 17.7. The zero-order chi connectivity index (χ0) is 14.7. The summed E-state index contributed by atoms with van der Waals surface area (Å²) in [7, 11) is 3.29. The number of ether oxygens (including phenoxy) is 1. The number of halogens is 1. The largest absolute Gasteiger partial charge is 0.464 e. The molecule has 0 N–H and O–H groups in total. The zero-order valence-electron chi connectivity index (χ0n) is 11.5. The summed E-state index contributed by atoms with van der Waals surface area (Å²) in [5.41, 5.74) is 1.47. The minimum Gasteiger partial charge on any atom is -0.464 e. The molecule has 6 heteroatoms. The third-order valence-electron chi connectivity index (χ3n) is 3.12. The first-order chi connectivity index (χ1) is 9.52. The number of methoxy groups -OCH3 is 1. The Morgan fingerprint density at radius 2 is 2.05 bits per heavy atom. The number of aromatic nitrogens is 1.